The number of hydrogen-bond acceptors (Lipinski definition) is 8. The molecule has 2 aliphatic rings. The van der Waals surface area contributed by atoms with Crippen molar-refractivity contribution in [1.82, 2.24) is 0 Å². The van der Waals surface area contributed by atoms with Gasteiger partial charge in [0.25, 0.3) is 0 Å². The third-order valence-corrected chi connectivity index (χ3v) is 8.48. The van der Waals surface area contributed by atoms with Crippen LogP contribution >= 0.6 is 0 Å². The van der Waals surface area contributed by atoms with Crippen LogP contribution in [0.25, 0.3) is 21.5 Å². The molecule has 1 heterocycles. The lowest BCUT2D eigenvalue weighted by Crippen LogP contribution is -2.34. The number of hydrogen-bond donors (Lipinski definition) is 2. The van der Waals surface area contributed by atoms with E-state index in [1.807, 2.05) is 36.4 Å². The third kappa shape index (κ3) is 4.16. The molecule has 1 aliphatic carbocycles. The summed E-state index contributed by atoms with van der Waals surface area (Å²) in [6.07, 6.45) is 1.14. The van der Waals surface area contributed by atoms with E-state index in [0.29, 0.717) is 41.6 Å². The number of ether oxygens (including phenoxy) is 5. The Morgan fingerprint density at radius 2 is 1.24 bits per heavy atom. The lowest BCUT2D eigenvalue weighted by Gasteiger charge is -2.40. The van der Waals surface area contributed by atoms with Crippen molar-refractivity contribution < 1.29 is 33.6 Å². The molecule has 6 rings (SSSR count). The minimum atomic E-state index is -0.438. The van der Waals surface area contributed by atoms with Gasteiger partial charge in [0.1, 0.15) is 0 Å². The Hall–Kier alpha value is -4.59. The number of benzene rings is 4. The van der Waals surface area contributed by atoms with Gasteiger partial charge in [-0.2, -0.15) is 0 Å². The maximum Gasteiger partial charge on any atom is 0.162 e. The van der Waals surface area contributed by atoms with E-state index < -0.39 is 5.92 Å². The number of rotatable bonds is 6. The number of phenolic OH excluding ortho intramolecular Hbond substituents is 1. The average Bonchev–Trinajstić information content (AvgIpc) is 2.98. The number of aromatic hydroxyl groups is 1. The van der Waals surface area contributed by atoms with Crippen molar-refractivity contribution in [2.45, 2.75) is 32.6 Å². The summed E-state index contributed by atoms with van der Waals surface area (Å²) in [5, 5.41) is 17.8. The summed E-state index contributed by atoms with van der Waals surface area (Å²) in [6.45, 7) is 4.24. The summed E-state index contributed by atoms with van der Waals surface area (Å²) in [4.78, 5) is 14.0. The molecule has 1 atom stereocenters. The van der Waals surface area contributed by atoms with Gasteiger partial charge in [0.05, 0.1) is 41.2 Å². The van der Waals surface area contributed by atoms with Gasteiger partial charge < -0.3 is 34.1 Å². The zero-order valence-corrected chi connectivity index (χ0v) is 24.9. The standard InChI is InChI=1S/C34H35NO7/c1-34(2)15-22-32(24(37)16-34)30(17-8-9-23(36)25(10-17)38-3)31-20-13-28(41-6)26(39-4)11-18(20)19-12-27(40-5)29(42-7)14-21(19)33(31)35-22/h8-14,30,35-36H,15-16H2,1-7H3. The molecule has 0 saturated carbocycles. The molecule has 42 heavy (non-hydrogen) atoms. The molecule has 0 amide bonds. The van der Waals surface area contributed by atoms with Gasteiger partial charge in [-0.15, -0.1) is 0 Å². The van der Waals surface area contributed by atoms with E-state index in [-0.39, 0.29) is 16.9 Å². The van der Waals surface area contributed by atoms with E-state index in [9.17, 15) is 9.90 Å². The number of carbonyl (C=O) groups is 1. The maximum atomic E-state index is 14.0. The zero-order valence-electron chi connectivity index (χ0n) is 24.9. The van der Waals surface area contributed by atoms with E-state index >= 15 is 0 Å². The lowest BCUT2D eigenvalue weighted by atomic mass is 9.67. The van der Waals surface area contributed by atoms with Gasteiger partial charge in [-0.05, 0) is 75.5 Å². The third-order valence-electron chi connectivity index (χ3n) is 8.48. The number of allylic oxidation sites excluding steroid dienone is 2. The Balaban J connectivity index is 1.81. The Morgan fingerprint density at radius 3 is 1.81 bits per heavy atom. The molecule has 4 aromatic carbocycles. The summed E-state index contributed by atoms with van der Waals surface area (Å²) in [5.41, 5.74) is 4.06. The van der Waals surface area contributed by atoms with Crippen LogP contribution in [0.5, 0.6) is 34.5 Å². The molecule has 0 fully saturated rings. The van der Waals surface area contributed by atoms with Crippen molar-refractivity contribution in [2.24, 2.45) is 5.41 Å². The van der Waals surface area contributed by atoms with Crippen LogP contribution in [0.15, 0.2) is 53.7 Å². The fourth-order valence-corrected chi connectivity index (χ4v) is 6.63. The number of carbonyl (C=O) groups excluding carboxylic acids is 1. The molecule has 0 bridgehead atoms. The molecule has 2 N–H and O–H groups in total. The van der Waals surface area contributed by atoms with Crippen molar-refractivity contribution >= 4 is 33.0 Å². The monoisotopic (exact) mass is 569 g/mol. The van der Waals surface area contributed by atoms with E-state index in [1.165, 1.54) is 7.11 Å². The first-order valence-electron chi connectivity index (χ1n) is 13.8. The number of fused-ring (bicyclic) bond motifs is 6. The maximum absolute atomic E-state index is 14.0. The van der Waals surface area contributed by atoms with Gasteiger partial charge in [-0.25, -0.2) is 0 Å². The summed E-state index contributed by atoms with van der Waals surface area (Å²) < 4.78 is 28.4. The number of Topliss-reactive ketones (excluding diaryl/α,β-unsaturated/α-hetero) is 1. The highest BCUT2D eigenvalue weighted by Crippen LogP contribution is 2.55. The highest BCUT2D eigenvalue weighted by molar-refractivity contribution is 6.19. The highest BCUT2D eigenvalue weighted by atomic mass is 16.5. The van der Waals surface area contributed by atoms with E-state index in [4.69, 9.17) is 23.7 Å². The van der Waals surface area contributed by atoms with Gasteiger partial charge >= 0.3 is 0 Å². The quantitative estimate of drug-likeness (QED) is 0.241. The molecule has 1 aliphatic heterocycles. The van der Waals surface area contributed by atoms with Crippen molar-refractivity contribution in [3.05, 3.63) is 64.9 Å². The van der Waals surface area contributed by atoms with Gasteiger partial charge in [-0.3, -0.25) is 4.79 Å². The first-order valence-corrected chi connectivity index (χ1v) is 13.8. The van der Waals surface area contributed by atoms with Crippen LogP contribution < -0.4 is 29.0 Å². The summed E-state index contributed by atoms with van der Waals surface area (Å²) in [5.74, 6) is 2.39. The molecule has 0 spiro atoms. The van der Waals surface area contributed by atoms with Crippen LogP contribution in [0, 0.1) is 5.41 Å². The highest BCUT2D eigenvalue weighted by Gasteiger charge is 2.42. The average molecular weight is 570 g/mol. The molecular formula is C34H35NO7. The Bertz CT molecular complexity index is 1800. The molecule has 4 aromatic rings. The number of phenols is 1. The van der Waals surface area contributed by atoms with Gasteiger partial charge in [0.15, 0.2) is 40.3 Å². The van der Waals surface area contributed by atoms with Crippen LogP contribution in [-0.2, 0) is 4.79 Å². The van der Waals surface area contributed by atoms with Gasteiger partial charge in [0, 0.05) is 29.0 Å². The Labute approximate surface area is 244 Å². The van der Waals surface area contributed by atoms with Crippen molar-refractivity contribution in [3.8, 4) is 34.5 Å². The molecule has 8 nitrogen and oxygen atoms in total. The molecule has 0 radical (unpaired) electrons. The first kappa shape index (κ1) is 27.6. The summed E-state index contributed by atoms with van der Waals surface area (Å²) in [6, 6.07) is 13.2. The molecule has 218 valence electrons. The van der Waals surface area contributed by atoms with Crippen molar-refractivity contribution in [3.63, 3.8) is 0 Å². The SMILES string of the molecule is COc1cc(C2C3=C(CC(C)(C)CC3=O)Nc3c2c2cc(OC)c(OC)cc2c2cc(OC)c(OC)cc32)ccc1O. The second kappa shape index (κ2) is 10.0. The smallest absolute Gasteiger partial charge is 0.162 e. The van der Waals surface area contributed by atoms with Crippen LogP contribution in [0.4, 0.5) is 5.69 Å². The topological polar surface area (TPSA) is 95.5 Å². The predicted octanol–water partition coefficient (Wildman–Crippen LogP) is 6.94. The van der Waals surface area contributed by atoms with Crippen LogP contribution in [0.1, 0.15) is 43.7 Å². The second-order valence-corrected chi connectivity index (χ2v) is 11.6. The molecule has 0 saturated heterocycles. The van der Waals surface area contributed by atoms with Crippen LogP contribution in [-0.4, -0.2) is 46.4 Å². The second-order valence-electron chi connectivity index (χ2n) is 11.6. The number of nitrogens with one attached hydrogen (secondary N) is 1. The fourth-order valence-electron chi connectivity index (χ4n) is 6.63. The molecule has 0 aromatic heterocycles. The molecule has 8 heteroatoms. The van der Waals surface area contributed by atoms with Crippen molar-refractivity contribution in [2.75, 3.05) is 40.9 Å². The molecular weight excluding hydrogens is 534 g/mol. The normalized spacial score (nSPS) is 17.4. The minimum absolute atomic E-state index is 0.0346. The van der Waals surface area contributed by atoms with Crippen molar-refractivity contribution in [1.29, 1.82) is 0 Å². The lowest BCUT2D eigenvalue weighted by molar-refractivity contribution is -0.118. The largest absolute Gasteiger partial charge is 0.504 e. The minimum Gasteiger partial charge on any atom is -0.504 e. The molecule has 1 unspecified atom stereocenters. The number of anilines is 1. The Kier molecular flexibility index (Phi) is 6.60. The van der Waals surface area contributed by atoms with E-state index in [0.717, 1.165) is 49.6 Å². The van der Waals surface area contributed by atoms with E-state index in [2.05, 4.69) is 19.2 Å². The first-order chi connectivity index (χ1) is 20.1. The van der Waals surface area contributed by atoms with Gasteiger partial charge in [0.2, 0.25) is 0 Å². The number of methoxy groups -OCH3 is 5. The van der Waals surface area contributed by atoms with Gasteiger partial charge in [-0.1, -0.05) is 19.9 Å². The van der Waals surface area contributed by atoms with E-state index in [1.54, 1.807) is 34.5 Å². The predicted molar refractivity (Wildman–Crippen MR) is 163 cm³/mol. The fraction of sp³-hybridized carbons (Fsp3) is 0.324. The van der Waals surface area contributed by atoms with Crippen LogP contribution in [0.3, 0.4) is 0 Å². The summed E-state index contributed by atoms with van der Waals surface area (Å²) >= 11 is 0. The van der Waals surface area contributed by atoms with Crippen LogP contribution in [0.2, 0.25) is 0 Å². The summed E-state index contributed by atoms with van der Waals surface area (Å²) in [7, 11) is 7.98. The zero-order chi connectivity index (χ0) is 29.9. The number of ketones is 1. The Morgan fingerprint density at radius 1 is 0.714 bits per heavy atom.